The highest BCUT2D eigenvalue weighted by Crippen LogP contribution is 2.19. The molecule has 0 atom stereocenters. The second-order valence-electron chi connectivity index (χ2n) is 4.04. The van der Waals surface area contributed by atoms with Crippen molar-refractivity contribution in [2.24, 2.45) is 0 Å². The van der Waals surface area contributed by atoms with Crippen LogP contribution in [0.15, 0.2) is 36.7 Å². The lowest BCUT2D eigenvalue weighted by Crippen LogP contribution is -2.03. The van der Waals surface area contributed by atoms with E-state index in [9.17, 15) is 0 Å². The minimum Gasteiger partial charge on any atom is -0.481 e. The Labute approximate surface area is 113 Å². The summed E-state index contributed by atoms with van der Waals surface area (Å²) in [5.74, 6) is 3.29. The fraction of sp³-hybridized carbons (Fsp3) is 0.267. The molecule has 1 heterocycles. The van der Waals surface area contributed by atoms with Crippen LogP contribution in [0.2, 0.25) is 0 Å². The molecule has 0 aliphatic carbocycles. The zero-order chi connectivity index (χ0) is 13.5. The van der Waals surface area contributed by atoms with Crippen LogP contribution in [0, 0.1) is 12.3 Å². The normalized spacial score (nSPS) is 9.89. The fourth-order valence-electron chi connectivity index (χ4n) is 1.74. The Morgan fingerprint density at radius 1 is 1.42 bits per heavy atom. The molecular formula is C15H17N3O. The summed E-state index contributed by atoms with van der Waals surface area (Å²) in [4.78, 5) is 0. The van der Waals surface area contributed by atoms with Gasteiger partial charge in [-0.25, -0.2) is 0 Å². The molecule has 0 radical (unpaired) electrons. The highest BCUT2D eigenvalue weighted by Gasteiger charge is 2.03. The van der Waals surface area contributed by atoms with Crippen molar-refractivity contribution in [2.75, 3.05) is 11.9 Å². The molecule has 1 N–H and O–H groups in total. The molecule has 0 bridgehead atoms. The monoisotopic (exact) mass is 255 g/mol. The molecule has 98 valence electrons. The number of benzene rings is 1. The maximum atomic E-state index is 5.50. The van der Waals surface area contributed by atoms with Crippen LogP contribution in [0.5, 0.6) is 5.75 Å². The lowest BCUT2D eigenvalue weighted by molar-refractivity contribution is 0.366. The number of ether oxygens (including phenoxy) is 1. The summed E-state index contributed by atoms with van der Waals surface area (Å²) in [5.41, 5.74) is 2.07. The van der Waals surface area contributed by atoms with Gasteiger partial charge in [-0.1, -0.05) is 24.1 Å². The molecule has 0 saturated heterocycles. The number of aryl methyl sites for hydroxylation is 1. The van der Waals surface area contributed by atoms with E-state index in [1.807, 2.05) is 41.3 Å². The first-order chi connectivity index (χ1) is 9.33. The Hall–Kier alpha value is -2.41. The highest BCUT2D eigenvalue weighted by molar-refractivity contribution is 5.42. The van der Waals surface area contributed by atoms with E-state index in [1.54, 1.807) is 0 Å². The van der Waals surface area contributed by atoms with Gasteiger partial charge in [0.15, 0.2) is 0 Å². The fourth-order valence-corrected chi connectivity index (χ4v) is 1.74. The van der Waals surface area contributed by atoms with Crippen molar-refractivity contribution in [2.45, 2.75) is 20.0 Å². The van der Waals surface area contributed by atoms with Gasteiger partial charge < -0.3 is 10.1 Å². The first-order valence-corrected chi connectivity index (χ1v) is 6.24. The van der Waals surface area contributed by atoms with Gasteiger partial charge in [-0.15, -0.1) is 6.42 Å². The second-order valence-corrected chi connectivity index (χ2v) is 4.04. The molecule has 0 amide bonds. The maximum Gasteiger partial charge on any atom is 0.148 e. The van der Waals surface area contributed by atoms with Crippen molar-refractivity contribution in [3.8, 4) is 18.1 Å². The van der Waals surface area contributed by atoms with Crippen molar-refractivity contribution in [3.05, 3.63) is 42.2 Å². The molecule has 2 rings (SSSR count). The first kappa shape index (κ1) is 13.0. The predicted octanol–water partition coefficient (Wildman–Crippen LogP) is 2.53. The molecule has 0 aliphatic rings. The van der Waals surface area contributed by atoms with Gasteiger partial charge in [0.1, 0.15) is 12.4 Å². The van der Waals surface area contributed by atoms with Gasteiger partial charge in [0.25, 0.3) is 0 Å². The number of nitrogens with one attached hydrogen (secondary N) is 1. The van der Waals surface area contributed by atoms with Crippen molar-refractivity contribution in [3.63, 3.8) is 0 Å². The standard InChI is InChI=1S/C15H17N3O/c1-3-9-19-15-8-6-5-7-13(15)10-16-14-11-17-18(4-2)12-14/h1,5-8,11-12,16H,4,9-10H2,2H3. The van der Waals surface area contributed by atoms with Gasteiger partial charge in [0.2, 0.25) is 0 Å². The smallest absolute Gasteiger partial charge is 0.148 e. The number of aromatic nitrogens is 2. The molecule has 2 aromatic rings. The molecule has 0 aliphatic heterocycles. The van der Waals surface area contributed by atoms with E-state index >= 15 is 0 Å². The number of terminal acetylenes is 1. The summed E-state index contributed by atoms with van der Waals surface area (Å²) in [7, 11) is 0. The van der Waals surface area contributed by atoms with Gasteiger partial charge in [-0.3, -0.25) is 4.68 Å². The number of para-hydroxylation sites is 1. The number of nitrogens with zero attached hydrogens (tertiary/aromatic N) is 2. The predicted molar refractivity (Wildman–Crippen MR) is 76.0 cm³/mol. The average molecular weight is 255 g/mol. The Morgan fingerprint density at radius 3 is 3.00 bits per heavy atom. The van der Waals surface area contributed by atoms with Crippen LogP contribution in [0.3, 0.4) is 0 Å². The van der Waals surface area contributed by atoms with E-state index < -0.39 is 0 Å². The lowest BCUT2D eigenvalue weighted by Gasteiger charge is -2.10. The molecule has 1 aromatic carbocycles. The van der Waals surface area contributed by atoms with Crippen LogP contribution in [-0.2, 0) is 13.1 Å². The van der Waals surface area contributed by atoms with Gasteiger partial charge in [0.05, 0.1) is 11.9 Å². The third-order valence-corrected chi connectivity index (χ3v) is 2.72. The van der Waals surface area contributed by atoms with Crippen LogP contribution in [0.1, 0.15) is 12.5 Å². The van der Waals surface area contributed by atoms with Crippen molar-refractivity contribution in [1.29, 1.82) is 0 Å². The van der Waals surface area contributed by atoms with E-state index in [2.05, 4.69) is 23.3 Å². The summed E-state index contributed by atoms with van der Waals surface area (Å²) in [6, 6.07) is 7.85. The van der Waals surface area contributed by atoms with E-state index in [4.69, 9.17) is 11.2 Å². The lowest BCUT2D eigenvalue weighted by atomic mass is 10.2. The molecule has 4 heteroatoms. The summed E-state index contributed by atoms with van der Waals surface area (Å²) < 4.78 is 7.38. The minimum atomic E-state index is 0.283. The highest BCUT2D eigenvalue weighted by atomic mass is 16.5. The van der Waals surface area contributed by atoms with E-state index in [-0.39, 0.29) is 6.61 Å². The Kier molecular flexibility index (Phi) is 4.46. The largest absolute Gasteiger partial charge is 0.481 e. The Bertz CT molecular complexity index is 569. The number of hydrogen-bond acceptors (Lipinski definition) is 3. The molecule has 0 saturated carbocycles. The summed E-state index contributed by atoms with van der Waals surface area (Å²) >= 11 is 0. The average Bonchev–Trinajstić information content (AvgIpc) is 2.91. The Morgan fingerprint density at radius 2 is 2.26 bits per heavy atom. The van der Waals surface area contributed by atoms with Crippen LogP contribution in [0.25, 0.3) is 0 Å². The van der Waals surface area contributed by atoms with Crippen LogP contribution >= 0.6 is 0 Å². The number of hydrogen-bond donors (Lipinski definition) is 1. The van der Waals surface area contributed by atoms with Crippen molar-refractivity contribution >= 4 is 5.69 Å². The summed E-state index contributed by atoms with van der Waals surface area (Å²) in [6.45, 7) is 3.88. The maximum absolute atomic E-state index is 5.50. The van der Waals surface area contributed by atoms with Crippen molar-refractivity contribution < 1.29 is 4.74 Å². The zero-order valence-corrected chi connectivity index (χ0v) is 11.0. The Balaban J connectivity index is 2.00. The van der Waals surface area contributed by atoms with Gasteiger partial charge in [0, 0.05) is 24.8 Å². The minimum absolute atomic E-state index is 0.283. The molecule has 4 nitrogen and oxygen atoms in total. The number of rotatable bonds is 6. The summed E-state index contributed by atoms with van der Waals surface area (Å²) in [6.07, 6.45) is 9.00. The molecule has 1 aromatic heterocycles. The molecule has 19 heavy (non-hydrogen) atoms. The van der Waals surface area contributed by atoms with E-state index in [0.29, 0.717) is 6.54 Å². The SMILES string of the molecule is C#CCOc1ccccc1CNc1cnn(CC)c1. The molecule has 0 fully saturated rings. The van der Waals surface area contributed by atoms with Gasteiger partial charge in [-0.2, -0.15) is 5.10 Å². The van der Waals surface area contributed by atoms with Crippen LogP contribution < -0.4 is 10.1 Å². The molecule has 0 unspecified atom stereocenters. The third-order valence-electron chi connectivity index (χ3n) is 2.72. The van der Waals surface area contributed by atoms with Crippen LogP contribution in [-0.4, -0.2) is 16.4 Å². The number of anilines is 1. The summed E-state index contributed by atoms with van der Waals surface area (Å²) in [5, 5.41) is 7.53. The second kappa shape index (κ2) is 6.50. The van der Waals surface area contributed by atoms with Crippen LogP contribution in [0.4, 0.5) is 5.69 Å². The van der Waals surface area contributed by atoms with Gasteiger partial charge >= 0.3 is 0 Å². The first-order valence-electron chi connectivity index (χ1n) is 6.24. The molecular weight excluding hydrogens is 238 g/mol. The topological polar surface area (TPSA) is 39.1 Å². The van der Waals surface area contributed by atoms with Gasteiger partial charge in [-0.05, 0) is 13.0 Å². The van der Waals surface area contributed by atoms with E-state index in [0.717, 1.165) is 23.5 Å². The quantitative estimate of drug-likeness (QED) is 0.806. The molecule has 0 spiro atoms. The van der Waals surface area contributed by atoms with E-state index in [1.165, 1.54) is 0 Å². The zero-order valence-electron chi connectivity index (χ0n) is 11.0. The third kappa shape index (κ3) is 3.52. The van der Waals surface area contributed by atoms with Crippen molar-refractivity contribution in [1.82, 2.24) is 9.78 Å².